The van der Waals surface area contributed by atoms with Crippen molar-refractivity contribution in [1.82, 2.24) is 4.98 Å². The Morgan fingerprint density at radius 3 is 2.71 bits per heavy atom. The number of rotatable bonds is 8. The topological polar surface area (TPSA) is 88.7 Å². The summed E-state index contributed by atoms with van der Waals surface area (Å²) in [5.41, 5.74) is 6.62. The first-order valence-corrected chi connectivity index (χ1v) is 12.4. The Labute approximate surface area is 207 Å². The number of ether oxygens (including phenoxy) is 1. The molecule has 11 heteroatoms. The van der Waals surface area contributed by atoms with Crippen LogP contribution in [0.4, 0.5) is 24.5 Å². The summed E-state index contributed by atoms with van der Waals surface area (Å²) >= 11 is 2.70. The smallest absolute Gasteiger partial charge is 0.416 e. The van der Waals surface area contributed by atoms with Crippen LogP contribution in [0.2, 0.25) is 0 Å². The van der Waals surface area contributed by atoms with Crippen LogP contribution in [0.1, 0.15) is 30.0 Å². The van der Waals surface area contributed by atoms with Crippen LogP contribution in [0, 0.1) is 0 Å². The molecule has 1 atom stereocenters. The quantitative estimate of drug-likeness (QED) is 0.216. The van der Waals surface area contributed by atoms with Crippen molar-refractivity contribution in [3.05, 3.63) is 64.4 Å². The number of fused-ring (bicyclic) bond motifs is 1. The lowest BCUT2D eigenvalue weighted by atomic mass is 10.1. The van der Waals surface area contributed by atoms with Crippen LogP contribution in [-0.2, 0) is 15.7 Å². The highest BCUT2D eigenvalue weighted by atomic mass is 32.1. The molecule has 4 aromatic rings. The Morgan fingerprint density at radius 2 is 2.03 bits per heavy atom. The standard InChI is InChI=1S/C24H22F3N3O3S2/c1-2-33-19(31)10-11-30(15-6-3-5-14(13-15)24(25,26)27)23(32)21-20(28)16-8-9-17(29-22(16)35-21)18-7-4-12-34-18/h3-9,12-13,23,32H,2,10-11,28H2,1H3. The van der Waals surface area contributed by atoms with Crippen LogP contribution >= 0.6 is 22.7 Å². The third-order valence-electron chi connectivity index (χ3n) is 5.29. The van der Waals surface area contributed by atoms with E-state index in [0.29, 0.717) is 15.1 Å². The van der Waals surface area contributed by atoms with E-state index in [9.17, 15) is 23.1 Å². The fourth-order valence-electron chi connectivity index (χ4n) is 3.61. The van der Waals surface area contributed by atoms with E-state index < -0.39 is 23.9 Å². The van der Waals surface area contributed by atoms with Crippen molar-refractivity contribution in [2.24, 2.45) is 0 Å². The number of alkyl halides is 3. The van der Waals surface area contributed by atoms with E-state index in [1.165, 1.54) is 28.4 Å². The van der Waals surface area contributed by atoms with Crippen LogP contribution in [0.5, 0.6) is 0 Å². The van der Waals surface area contributed by atoms with Gasteiger partial charge in [-0.25, -0.2) is 4.98 Å². The predicted molar refractivity (Wildman–Crippen MR) is 132 cm³/mol. The molecule has 0 saturated heterocycles. The van der Waals surface area contributed by atoms with Crippen LogP contribution in [-0.4, -0.2) is 29.2 Å². The molecule has 184 valence electrons. The Morgan fingerprint density at radius 1 is 1.23 bits per heavy atom. The van der Waals surface area contributed by atoms with Gasteiger partial charge >= 0.3 is 12.1 Å². The maximum Gasteiger partial charge on any atom is 0.416 e. The summed E-state index contributed by atoms with van der Waals surface area (Å²) in [5.74, 6) is -0.525. The number of halogens is 3. The lowest BCUT2D eigenvalue weighted by Crippen LogP contribution is -2.31. The van der Waals surface area contributed by atoms with Crippen molar-refractivity contribution in [1.29, 1.82) is 0 Å². The van der Waals surface area contributed by atoms with Gasteiger partial charge in [-0.3, -0.25) is 4.79 Å². The van der Waals surface area contributed by atoms with Crippen LogP contribution in [0.15, 0.2) is 53.9 Å². The molecule has 3 N–H and O–H groups in total. The fraction of sp³-hybridized carbons (Fsp3) is 0.250. The molecule has 0 bridgehead atoms. The zero-order chi connectivity index (χ0) is 25.2. The number of nitrogens with two attached hydrogens (primary N) is 1. The predicted octanol–water partition coefficient (Wildman–Crippen LogP) is 6.08. The highest BCUT2D eigenvalue weighted by Gasteiger charge is 2.32. The van der Waals surface area contributed by atoms with E-state index in [2.05, 4.69) is 4.98 Å². The Hall–Kier alpha value is -3.15. The zero-order valence-corrected chi connectivity index (χ0v) is 20.2. The molecule has 0 fully saturated rings. The van der Waals surface area contributed by atoms with Gasteiger partial charge in [0, 0.05) is 17.6 Å². The Kier molecular flexibility index (Phi) is 7.29. The molecule has 3 aromatic heterocycles. The molecule has 0 aliphatic rings. The molecule has 0 spiro atoms. The third-order valence-corrected chi connectivity index (χ3v) is 7.34. The molecule has 0 saturated carbocycles. The van der Waals surface area contributed by atoms with Crippen molar-refractivity contribution >= 4 is 50.2 Å². The van der Waals surface area contributed by atoms with E-state index >= 15 is 0 Å². The van der Waals surface area contributed by atoms with Gasteiger partial charge in [0.15, 0.2) is 6.23 Å². The van der Waals surface area contributed by atoms with Gasteiger partial charge in [-0.2, -0.15) is 13.2 Å². The molecular formula is C24H22F3N3O3S2. The van der Waals surface area contributed by atoms with Crippen LogP contribution < -0.4 is 10.6 Å². The summed E-state index contributed by atoms with van der Waals surface area (Å²) in [5, 5.41) is 13.9. The molecular weight excluding hydrogens is 499 g/mol. The van der Waals surface area contributed by atoms with E-state index in [-0.39, 0.29) is 30.9 Å². The molecule has 1 unspecified atom stereocenters. The lowest BCUT2D eigenvalue weighted by Gasteiger charge is -2.30. The van der Waals surface area contributed by atoms with Crippen molar-refractivity contribution in [3.8, 4) is 10.6 Å². The van der Waals surface area contributed by atoms with Gasteiger partial charge < -0.3 is 20.5 Å². The third kappa shape index (κ3) is 5.42. The fourth-order valence-corrected chi connectivity index (χ4v) is 5.40. The maximum atomic E-state index is 13.3. The van der Waals surface area contributed by atoms with Gasteiger partial charge in [0.2, 0.25) is 0 Å². The number of hydrogen-bond acceptors (Lipinski definition) is 8. The van der Waals surface area contributed by atoms with E-state index in [4.69, 9.17) is 10.5 Å². The largest absolute Gasteiger partial charge is 0.466 e. The van der Waals surface area contributed by atoms with E-state index in [1.54, 1.807) is 6.92 Å². The number of benzene rings is 1. The number of carbonyl (C=O) groups excluding carboxylic acids is 1. The van der Waals surface area contributed by atoms with Gasteiger partial charge in [-0.05, 0) is 48.7 Å². The number of nitrogen functional groups attached to an aromatic ring is 1. The SMILES string of the molecule is CCOC(=O)CCN(c1cccc(C(F)(F)F)c1)C(O)c1sc2nc(-c3cccs3)ccc2c1N. The van der Waals surface area contributed by atoms with Gasteiger partial charge in [0.05, 0.1) is 39.7 Å². The van der Waals surface area contributed by atoms with Crippen LogP contribution in [0.25, 0.3) is 20.8 Å². The number of thiophene rings is 2. The number of aliphatic hydroxyl groups is 1. The molecule has 0 amide bonds. The summed E-state index contributed by atoms with van der Waals surface area (Å²) in [4.78, 5) is 19.8. The van der Waals surface area contributed by atoms with Crippen molar-refractivity contribution < 1.29 is 27.8 Å². The first kappa shape index (κ1) is 25.0. The summed E-state index contributed by atoms with van der Waals surface area (Å²) in [6.07, 6.45) is -6.10. The second kappa shape index (κ2) is 10.2. The van der Waals surface area contributed by atoms with Crippen molar-refractivity contribution in [2.75, 3.05) is 23.8 Å². The lowest BCUT2D eigenvalue weighted by molar-refractivity contribution is -0.143. The van der Waals surface area contributed by atoms with Crippen molar-refractivity contribution in [3.63, 3.8) is 0 Å². The second-order valence-corrected chi connectivity index (χ2v) is 9.56. The number of aromatic nitrogens is 1. The number of carbonyl (C=O) groups is 1. The minimum atomic E-state index is -4.56. The summed E-state index contributed by atoms with van der Waals surface area (Å²) in [6.45, 7) is 1.75. The second-order valence-electron chi connectivity index (χ2n) is 7.58. The molecule has 0 aliphatic carbocycles. The number of pyridine rings is 1. The van der Waals surface area contributed by atoms with Crippen molar-refractivity contribution in [2.45, 2.75) is 25.7 Å². The average Bonchev–Trinajstić information content (AvgIpc) is 3.47. The highest BCUT2D eigenvalue weighted by Crippen LogP contribution is 2.41. The maximum absolute atomic E-state index is 13.3. The first-order valence-electron chi connectivity index (χ1n) is 10.7. The summed E-state index contributed by atoms with van der Waals surface area (Å²) in [7, 11) is 0. The molecule has 3 heterocycles. The molecule has 1 aromatic carbocycles. The van der Waals surface area contributed by atoms with E-state index in [1.807, 2.05) is 29.6 Å². The minimum absolute atomic E-state index is 0.0805. The Bertz CT molecular complexity index is 1320. The van der Waals surface area contributed by atoms with Gasteiger partial charge in [-0.15, -0.1) is 22.7 Å². The van der Waals surface area contributed by atoms with Gasteiger partial charge in [0.25, 0.3) is 0 Å². The molecule has 6 nitrogen and oxygen atoms in total. The normalized spacial score (nSPS) is 12.6. The number of esters is 1. The Balaban J connectivity index is 1.72. The number of hydrogen-bond donors (Lipinski definition) is 2. The van der Waals surface area contributed by atoms with E-state index in [0.717, 1.165) is 34.0 Å². The number of nitrogens with zero attached hydrogens (tertiary/aromatic N) is 2. The molecule has 35 heavy (non-hydrogen) atoms. The monoisotopic (exact) mass is 521 g/mol. The zero-order valence-electron chi connectivity index (χ0n) is 18.6. The summed E-state index contributed by atoms with van der Waals surface area (Å²) < 4.78 is 45.0. The minimum Gasteiger partial charge on any atom is -0.466 e. The van der Waals surface area contributed by atoms with Gasteiger partial charge in [0.1, 0.15) is 4.83 Å². The van der Waals surface area contributed by atoms with Crippen LogP contribution in [0.3, 0.4) is 0 Å². The molecule has 4 rings (SSSR count). The number of aliphatic hydroxyl groups excluding tert-OH is 1. The average molecular weight is 522 g/mol. The number of anilines is 2. The molecule has 0 radical (unpaired) electrons. The van der Waals surface area contributed by atoms with Gasteiger partial charge in [-0.1, -0.05) is 12.1 Å². The first-order chi connectivity index (χ1) is 16.7. The molecule has 0 aliphatic heterocycles. The summed E-state index contributed by atoms with van der Waals surface area (Å²) in [6, 6.07) is 12.1. The highest BCUT2D eigenvalue weighted by molar-refractivity contribution is 7.19.